The van der Waals surface area contributed by atoms with Crippen LogP contribution in [-0.4, -0.2) is 101 Å². The van der Waals surface area contributed by atoms with Crippen molar-refractivity contribution in [3.8, 4) is 11.5 Å². The Balaban J connectivity index is 0.985. The molecular weight excluding hydrogens is 561 g/mol. The molecule has 0 unspecified atom stereocenters. The summed E-state index contributed by atoms with van der Waals surface area (Å²) in [6, 6.07) is 10.3. The predicted octanol–water partition coefficient (Wildman–Crippen LogP) is 2.09. The van der Waals surface area contributed by atoms with Crippen molar-refractivity contribution in [3.63, 3.8) is 0 Å². The highest BCUT2D eigenvalue weighted by Crippen LogP contribution is 2.26. The first-order chi connectivity index (χ1) is 20.4. The van der Waals surface area contributed by atoms with Crippen LogP contribution in [0.4, 0.5) is 16.0 Å². The highest BCUT2D eigenvalue weighted by Gasteiger charge is 2.24. The lowest BCUT2D eigenvalue weighted by molar-refractivity contribution is 0.0770. The molecule has 6 heterocycles. The maximum absolute atomic E-state index is 15.1. The molecule has 0 atom stereocenters. The van der Waals surface area contributed by atoms with E-state index in [-0.39, 0.29) is 11.9 Å². The van der Waals surface area contributed by atoms with Gasteiger partial charge in [-0.25, -0.2) is 9.37 Å². The number of imidazole rings is 1. The molecule has 14 heteroatoms. The Morgan fingerprint density at radius 2 is 1.86 bits per heavy atom. The van der Waals surface area contributed by atoms with E-state index in [4.69, 9.17) is 10.2 Å². The van der Waals surface area contributed by atoms with Crippen LogP contribution in [0.1, 0.15) is 10.4 Å². The molecule has 0 spiro atoms. The van der Waals surface area contributed by atoms with E-state index in [0.717, 1.165) is 25.2 Å². The van der Waals surface area contributed by atoms with Gasteiger partial charge in [0.2, 0.25) is 5.95 Å². The molecule has 2 saturated heterocycles. The number of benzene rings is 1. The predicted molar refractivity (Wildman–Crippen MR) is 157 cm³/mol. The zero-order chi connectivity index (χ0) is 28.8. The zero-order valence-electron chi connectivity index (χ0n) is 22.9. The summed E-state index contributed by atoms with van der Waals surface area (Å²) in [5.41, 5.74) is 9.91. The summed E-state index contributed by atoms with van der Waals surface area (Å²) < 4.78 is 35.8. The largest absolute Gasteiger partial charge is 0.463 e. The number of piperazine rings is 1. The second-order valence-corrected chi connectivity index (χ2v) is 12.2. The Morgan fingerprint density at radius 3 is 2.60 bits per heavy atom. The number of furan rings is 1. The van der Waals surface area contributed by atoms with Crippen LogP contribution in [0, 0.1) is 5.82 Å². The minimum atomic E-state index is -0.873. The van der Waals surface area contributed by atoms with Crippen LogP contribution in [0.3, 0.4) is 0 Å². The Kier molecular flexibility index (Phi) is 6.86. The number of nitrogens with two attached hydrogens (primary N) is 1. The van der Waals surface area contributed by atoms with E-state index in [1.54, 1.807) is 34.1 Å². The Bertz CT molecular complexity index is 1780. The van der Waals surface area contributed by atoms with E-state index in [0.29, 0.717) is 78.1 Å². The van der Waals surface area contributed by atoms with Gasteiger partial charge in [0.1, 0.15) is 22.5 Å². The maximum Gasteiger partial charge on any atom is 0.254 e. The SMILES string of the molecule is Nc1nc2c(ncn2CCN2CCN(c3ccc(C(=O)N4CCS(=O)CC4)cc3F)CC2)c2cc(-c3ccco3)nn12. The molecule has 1 aromatic carbocycles. The number of fused-ring (bicyclic) bond motifs is 3. The van der Waals surface area contributed by atoms with Gasteiger partial charge in [0, 0.05) is 80.2 Å². The Morgan fingerprint density at radius 1 is 1.05 bits per heavy atom. The molecule has 2 fully saturated rings. The number of hydrogen-bond acceptors (Lipinski definition) is 9. The number of anilines is 2. The van der Waals surface area contributed by atoms with Crippen molar-refractivity contribution in [1.29, 1.82) is 0 Å². The first-order valence-corrected chi connectivity index (χ1v) is 15.4. The van der Waals surface area contributed by atoms with Gasteiger partial charge in [-0.1, -0.05) is 0 Å². The molecule has 0 radical (unpaired) electrons. The fourth-order valence-corrected chi connectivity index (χ4v) is 6.70. The standard InChI is InChI=1S/C28H30FN9O3S/c29-20-16-19(27(39)36-11-14-42(40)15-12-36)3-4-22(20)35-8-5-34(6-9-35)7-10-37-18-31-25-23-17-21(24-2-1-13-41-24)33-38(23)28(30)32-26(25)37/h1-4,13,16-18H,5-12,14-15H2,(H2,30,32). The molecule has 218 valence electrons. The second-order valence-electron chi connectivity index (χ2n) is 10.5. The number of amides is 1. The van der Waals surface area contributed by atoms with E-state index < -0.39 is 16.6 Å². The van der Waals surface area contributed by atoms with Gasteiger partial charge >= 0.3 is 0 Å². The third-order valence-corrected chi connectivity index (χ3v) is 9.28. The van der Waals surface area contributed by atoms with Crippen LogP contribution in [0.2, 0.25) is 0 Å². The van der Waals surface area contributed by atoms with Gasteiger partial charge < -0.3 is 24.5 Å². The highest BCUT2D eigenvalue weighted by molar-refractivity contribution is 7.85. The van der Waals surface area contributed by atoms with Crippen LogP contribution in [-0.2, 0) is 17.3 Å². The average Bonchev–Trinajstić information content (AvgIpc) is 3.77. The second kappa shape index (κ2) is 10.8. The minimum absolute atomic E-state index is 0.211. The van der Waals surface area contributed by atoms with E-state index in [1.165, 1.54) is 6.07 Å². The van der Waals surface area contributed by atoms with Gasteiger partial charge in [-0.05, 0) is 36.4 Å². The van der Waals surface area contributed by atoms with Gasteiger partial charge in [-0.2, -0.15) is 14.6 Å². The molecular formula is C28H30FN9O3S. The Labute approximate surface area is 243 Å². The monoisotopic (exact) mass is 591 g/mol. The van der Waals surface area contributed by atoms with Gasteiger partial charge in [-0.3, -0.25) is 13.9 Å². The maximum atomic E-state index is 15.1. The summed E-state index contributed by atoms with van der Waals surface area (Å²) >= 11 is 0. The zero-order valence-corrected chi connectivity index (χ0v) is 23.7. The summed E-state index contributed by atoms with van der Waals surface area (Å²) in [5, 5.41) is 4.53. The van der Waals surface area contributed by atoms with Crippen LogP contribution in [0.15, 0.2) is 53.4 Å². The van der Waals surface area contributed by atoms with Crippen molar-refractivity contribution in [2.75, 3.05) is 68.0 Å². The number of rotatable bonds is 6. The van der Waals surface area contributed by atoms with E-state index in [2.05, 4.69) is 20.0 Å². The van der Waals surface area contributed by atoms with Crippen LogP contribution in [0.5, 0.6) is 0 Å². The third-order valence-electron chi connectivity index (χ3n) is 8.00. The van der Waals surface area contributed by atoms with Gasteiger partial charge in [-0.15, -0.1) is 0 Å². The molecule has 0 saturated carbocycles. The fraction of sp³-hybridized carbons (Fsp3) is 0.357. The molecule has 42 heavy (non-hydrogen) atoms. The van der Waals surface area contributed by atoms with Crippen LogP contribution in [0.25, 0.3) is 28.1 Å². The molecule has 2 N–H and O–H groups in total. The van der Waals surface area contributed by atoms with Crippen LogP contribution < -0.4 is 10.6 Å². The minimum Gasteiger partial charge on any atom is -0.463 e. The number of carbonyl (C=O) groups excluding carboxylic acids is 1. The first kappa shape index (κ1) is 26.6. The number of nitrogen functional groups attached to an aromatic ring is 1. The fourth-order valence-electron chi connectivity index (χ4n) is 5.64. The summed E-state index contributed by atoms with van der Waals surface area (Å²) in [7, 11) is -0.873. The quantitative estimate of drug-likeness (QED) is 0.315. The Hall–Kier alpha value is -4.30. The van der Waals surface area contributed by atoms with Gasteiger partial charge in [0.15, 0.2) is 11.4 Å². The van der Waals surface area contributed by atoms with E-state index in [9.17, 15) is 9.00 Å². The number of carbonyl (C=O) groups is 1. The summed E-state index contributed by atoms with van der Waals surface area (Å²) in [4.78, 5) is 28.0. The number of aromatic nitrogens is 5. The summed E-state index contributed by atoms with van der Waals surface area (Å²) in [5.74, 6) is 1.25. The normalized spacial score (nSPS) is 17.1. The number of nitrogens with zero attached hydrogens (tertiary/aromatic N) is 8. The molecule has 2 aliphatic heterocycles. The van der Waals surface area contributed by atoms with Crippen molar-refractivity contribution < 1.29 is 17.8 Å². The third kappa shape index (κ3) is 4.90. The molecule has 12 nitrogen and oxygen atoms in total. The molecule has 7 rings (SSSR count). The molecule has 0 bridgehead atoms. The first-order valence-electron chi connectivity index (χ1n) is 13.9. The smallest absolute Gasteiger partial charge is 0.254 e. The molecule has 5 aromatic rings. The topological polar surface area (TPSA) is 131 Å². The lowest BCUT2D eigenvalue weighted by atomic mass is 10.1. The summed E-state index contributed by atoms with van der Waals surface area (Å²) in [6.07, 6.45) is 3.37. The van der Waals surface area contributed by atoms with E-state index in [1.807, 2.05) is 27.7 Å². The van der Waals surface area contributed by atoms with Gasteiger partial charge in [0.25, 0.3) is 5.91 Å². The lowest BCUT2D eigenvalue weighted by Gasteiger charge is -2.36. The van der Waals surface area contributed by atoms with Crippen molar-refractivity contribution in [3.05, 3.63) is 60.4 Å². The van der Waals surface area contributed by atoms with E-state index >= 15 is 4.39 Å². The van der Waals surface area contributed by atoms with Crippen molar-refractivity contribution in [1.82, 2.24) is 33.9 Å². The molecule has 2 aliphatic rings. The molecule has 1 amide bonds. The van der Waals surface area contributed by atoms with Crippen molar-refractivity contribution in [2.45, 2.75) is 6.54 Å². The number of halogens is 1. The average molecular weight is 592 g/mol. The highest BCUT2D eigenvalue weighted by atomic mass is 32.2. The lowest BCUT2D eigenvalue weighted by Crippen LogP contribution is -2.47. The molecule has 4 aromatic heterocycles. The molecule has 0 aliphatic carbocycles. The van der Waals surface area contributed by atoms with Gasteiger partial charge in [0.05, 0.1) is 18.3 Å². The number of hydrogen-bond donors (Lipinski definition) is 1. The summed E-state index contributed by atoms with van der Waals surface area (Å²) in [6.45, 7) is 5.21. The van der Waals surface area contributed by atoms with Crippen LogP contribution >= 0.6 is 0 Å². The van der Waals surface area contributed by atoms with Crippen molar-refractivity contribution in [2.24, 2.45) is 0 Å². The van der Waals surface area contributed by atoms with Crippen molar-refractivity contribution >= 4 is 45.0 Å².